The lowest BCUT2D eigenvalue weighted by Crippen LogP contribution is -2.34. The van der Waals surface area contributed by atoms with Crippen LogP contribution in [0.1, 0.15) is 17.2 Å². The predicted molar refractivity (Wildman–Crippen MR) is 108 cm³/mol. The van der Waals surface area contributed by atoms with Crippen molar-refractivity contribution in [3.05, 3.63) is 64.2 Å². The van der Waals surface area contributed by atoms with Gasteiger partial charge in [-0.25, -0.2) is 0 Å². The summed E-state index contributed by atoms with van der Waals surface area (Å²) in [6, 6.07) is 9.57. The summed E-state index contributed by atoms with van der Waals surface area (Å²) < 4.78 is 10.5. The van der Waals surface area contributed by atoms with Crippen molar-refractivity contribution < 1.29 is 34.1 Å². The Kier molecular flexibility index (Phi) is 5.98. The van der Waals surface area contributed by atoms with E-state index in [9.17, 15) is 24.6 Å². The minimum atomic E-state index is -1.30. The van der Waals surface area contributed by atoms with Gasteiger partial charge in [0.2, 0.25) is 0 Å². The van der Waals surface area contributed by atoms with Gasteiger partial charge in [-0.15, -0.1) is 0 Å². The second-order valence-corrected chi connectivity index (χ2v) is 6.88. The van der Waals surface area contributed by atoms with E-state index in [1.165, 1.54) is 44.6 Å². The van der Waals surface area contributed by atoms with Gasteiger partial charge in [-0.05, 0) is 42.0 Å². The summed E-state index contributed by atoms with van der Waals surface area (Å²) >= 11 is 5.88. The highest BCUT2D eigenvalue weighted by Gasteiger charge is 2.47. The molecule has 1 fully saturated rings. The molecule has 0 aromatic heterocycles. The number of carbonyl (C=O) groups excluding carboxylic acids is 2. The van der Waals surface area contributed by atoms with Crippen LogP contribution < -0.4 is 9.47 Å². The Balaban J connectivity index is 2.22. The maximum absolute atomic E-state index is 12.8. The highest BCUT2D eigenvalue weighted by Crippen LogP contribution is 2.41. The second kappa shape index (κ2) is 8.46. The summed E-state index contributed by atoms with van der Waals surface area (Å²) in [5.74, 6) is -3.00. The Bertz CT molecular complexity index is 1050. The molecule has 1 amide bonds. The number of hydrogen-bond acceptors (Lipinski definition) is 6. The number of carboxylic acids is 1. The molecule has 1 saturated heterocycles. The molecule has 9 heteroatoms. The van der Waals surface area contributed by atoms with E-state index in [1.54, 1.807) is 12.1 Å². The average molecular weight is 432 g/mol. The Morgan fingerprint density at radius 2 is 1.67 bits per heavy atom. The third kappa shape index (κ3) is 3.81. The Morgan fingerprint density at radius 3 is 2.23 bits per heavy atom. The van der Waals surface area contributed by atoms with E-state index in [4.69, 9.17) is 21.1 Å². The van der Waals surface area contributed by atoms with Crippen LogP contribution in [0.3, 0.4) is 0 Å². The van der Waals surface area contributed by atoms with Gasteiger partial charge < -0.3 is 24.6 Å². The van der Waals surface area contributed by atoms with E-state index < -0.39 is 36.0 Å². The SMILES string of the molecule is COc1ccc(C2C(=C(O)c3ccc(Cl)cc3)C(=O)C(=O)N2CC(=O)O)cc1OC. The minimum absolute atomic E-state index is 0.226. The maximum Gasteiger partial charge on any atom is 0.323 e. The first kappa shape index (κ1) is 21.2. The van der Waals surface area contributed by atoms with Gasteiger partial charge in [-0.2, -0.15) is 0 Å². The van der Waals surface area contributed by atoms with E-state index in [-0.39, 0.29) is 11.1 Å². The lowest BCUT2D eigenvalue weighted by Gasteiger charge is -2.24. The number of amides is 1. The van der Waals surface area contributed by atoms with Crippen molar-refractivity contribution in [2.24, 2.45) is 0 Å². The number of aliphatic carboxylic acids is 1. The van der Waals surface area contributed by atoms with Crippen LogP contribution >= 0.6 is 11.6 Å². The predicted octanol–water partition coefficient (Wildman–Crippen LogP) is 2.86. The summed E-state index contributed by atoms with van der Waals surface area (Å²) in [7, 11) is 2.87. The summed E-state index contributed by atoms with van der Waals surface area (Å²) in [4.78, 5) is 37.6. The number of aliphatic hydroxyl groups is 1. The van der Waals surface area contributed by atoms with Gasteiger partial charge in [0, 0.05) is 10.6 Å². The molecule has 0 aliphatic carbocycles. The van der Waals surface area contributed by atoms with Gasteiger partial charge in [0.15, 0.2) is 11.5 Å². The lowest BCUT2D eigenvalue weighted by atomic mass is 9.95. The van der Waals surface area contributed by atoms with Gasteiger partial charge in [0.1, 0.15) is 12.3 Å². The van der Waals surface area contributed by atoms with Gasteiger partial charge in [-0.1, -0.05) is 17.7 Å². The van der Waals surface area contributed by atoms with Crippen LogP contribution in [-0.4, -0.2) is 53.5 Å². The van der Waals surface area contributed by atoms with Crippen molar-refractivity contribution in [3.8, 4) is 11.5 Å². The first-order valence-corrected chi connectivity index (χ1v) is 9.14. The first-order chi connectivity index (χ1) is 14.3. The molecule has 0 saturated carbocycles. The number of Topliss-reactive ketones (excluding diaryl/α,β-unsaturated/α-hetero) is 1. The number of rotatable bonds is 6. The summed E-state index contributed by atoms with van der Waals surface area (Å²) in [6.07, 6.45) is 0. The van der Waals surface area contributed by atoms with Crippen molar-refractivity contribution in [3.63, 3.8) is 0 Å². The van der Waals surface area contributed by atoms with E-state index in [0.29, 0.717) is 22.1 Å². The number of ether oxygens (including phenoxy) is 2. The highest BCUT2D eigenvalue weighted by molar-refractivity contribution is 6.46. The molecule has 3 rings (SSSR count). The molecule has 156 valence electrons. The Hall–Kier alpha value is -3.52. The molecule has 0 radical (unpaired) electrons. The molecule has 1 unspecified atom stereocenters. The molecule has 1 atom stereocenters. The Morgan fingerprint density at radius 1 is 1.03 bits per heavy atom. The number of hydrogen-bond donors (Lipinski definition) is 2. The molecule has 2 N–H and O–H groups in total. The van der Waals surface area contributed by atoms with Gasteiger partial charge in [0.05, 0.1) is 25.8 Å². The minimum Gasteiger partial charge on any atom is -0.507 e. The molecule has 2 aromatic carbocycles. The number of likely N-dealkylation sites (tertiary alicyclic amines) is 1. The number of nitrogens with zero attached hydrogens (tertiary/aromatic N) is 1. The van der Waals surface area contributed by atoms with Gasteiger partial charge in [-0.3, -0.25) is 14.4 Å². The lowest BCUT2D eigenvalue weighted by molar-refractivity contribution is -0.146. The number of halogens is 1. The van der Waals surface area contributed by atoms with Gasteiger partial charge >= 0.3 is 5.97 Å². The summed E-state index contributed by atoms with van der Waals surface area (Å²) in [5.41, 5.74) is 0.414. The van der Waals surface area contributed by atoms with Crippen molar-refractivity contribution in [2.75, 3.05) is 20.8 Å². The largest absolute Gasteiger partial charge is 0.507 e. The number of methoxy groups -OCH3 is 2. The summed E-state index contributed by atoms with van der Waals surface area (Å²) in [6.45, 7) is -0.721. The first-order valence-electron chi connectivity index (χ1n) is 8.76. The van der Waals surface area contributed by atoms with Crippen molar-refractivity contribution in [1.82, 2.24) is 4.90 Å². The molecule has 2 aromatic rings. The van der Waals surface area contributed by atoms with E-state index >= 15 is 0 Å². The third-order valence-electron chi connectivity index (χ3n) is 4.69. The van der Waals surface area contributed by atoms with Crippen LogP contribution in [0.25, 0.3) is 5.76 Å². The zero-order chi connectivity index (χ0) is 22.0. The van der Waals surface area contributed by atoms with Crippen LogP contribution in [-0.2, 0) is 14.4 Å². The number of carboxylic acid groups (broad SMARTS) is 1. The zero-order valence-electron chi connectivity index (χ0n) is 16.1. The fourth-order valence-corrected chi connectivity index (χ4v) is 3.45. The maximum atomic E-state index is 12.8. The van der Waals surface area contributed by atoms with Gasteiger partial charge in [0.25, 0.3) is 11.7 Å². The molecule has 0 spiro atoms. The molecule has 1 aliphatic rings. The molecule has 1 heterocycles. The van der Waals surface area contributed by atoms with Crippen LogP contribution in [0, 0.1) is 0 Å². The average Bonchev–Trinajstić information content (AvgIpc) is 2.97. The van der Waals surface area contributed by atoms with Crippen molar-refractivity contribution in [2.45, 2.75) is 6.04 Å². The number of benzene rings is 2. The van der Waals surface area contributed by atoms with Crippen LogP contribution in [0.5, 0.6) is 11.5 Å². The number of ketones is 1. The smallest absolute Gasteiger partial charge is 0.323 e. The monoisotopic (exact) mass is 431 g/mol. The van der Waals surface area contributed by atoms with Crippen LogP contribution in [0.4, 0.5) is 0 Å². The second-order valence-electron chi connectivity index (χ2n) is 6.44. The standard InChI is InChI=1S/C21H18ClNO7/c1-29-14-8-5-12(9-15(14)30-2)18-17(19(26)11-3-6-13(22)7-4-11)20(27)21(28)23(18)10-16(24)25/h3-9,18,26H,10H2,1-2H3,(H,24,25). The molecular weight excluding hydrogens is 414 g/mol. The normalized spacial score (nSPS) is 17.8. The number of aliphatic hydroxyl groups excluding tert-OH is 1. The van der Waals surface area contributed by atoms with Crippen molar-refractivity contribution >= 4 is 35.0 Å². The van der Waals surface area contributed by atoms with Crippen molar-refractivity contribution in [1.29, 1.82) is 0 Å². The molecular formula is C21H18ClNO7. The molecule has 1 aliphatic heterocycles. The molecule has 30 heavy (non-hydrogen) atoms. The summed E-state index contributed by atoms with van der Waals surface area (Å²) in [5, 5.41) is 20.5. The topological polar surface area (TPSA) is 113 Å². The quantitative estimate of drug-likeness (QED) is 0.410. The fraction of sp³-hybridized carbons (Fsp3) is 0.190. The van der Waals surface area contributed by atoms with E-state index in [2.05, 4.69) is 0 Å². The van der Waals surface area contributed by atoms with E-state index in [0.717, 1.165) is 4.90 Å². The molecule has 0 bridgehead atoms. The molecule has 8 nitrogen and oxygen atoms in total. The van der Waals surface area contributed by atoms with Crippen LogP contribution in [0.15, 0.2) is 48.0 Å². The van der Waals surface area contributed by atoms with E-state index in [1.807, 2.05) is 0 Å². The third-order valence-corrected chi connectivity index (χ3v) is 4.94. The number of carbonyl (C=O) groups is 3. The van der Waals surface area contributed by atoms with Crippen LogP contribution in [0.2, 0.25) is 5.02 Å². The Labute approximate surface area is 176 Å². The highest BCUT2D eigenvalue weighted by atomic mass is 35.5. The zero-order valence-corrected chi connectivity index (χ0v) is 16.8. The fourth-order valence-electron chi connectivity index (χ4n) is 3.32.